The largest absolute Gasteiger partial charge is 0.380 e. The smallest absolute Gasteiger partial charge is 0.295 e. The highest BCUT2D eigenvalue weighted by molar-refractivity contribution is 6.04. The Kier molecular flexibility index (Phi) is 5.53. The Balaban J connectivity index is 1.49. The first-order chi connectivity index (χ1) is 15.0. The molecule has 0 aliphatic carbocycles. The van der Waals surface area contributed by atoms with Crippen LogP contribution in [-0.2, 0) is 6.54 Å². The molecule has 4 aromatic rings. The first-order valence-corrected chi connectivity index (χ1v) is 9.60. The molecule has 0 saturated heterocycles. The van der Waals surface area contributed by atoms with E-state index in [1.54, 1.807) is 31.3 Å². The standard InChI is InChI=1S/C23H19N5O3/c1-15-12-20(19-5-2-6-21(28(30)31)22(19)26-15)25-13-16-7-9-18(10-8-16)27-23(29)17-4-3-11-24-14-17/h2-12,14H,13H2,1H3,(H,25,26)(H,27,29). The molecule has 0 aliphatic rings. The van der Waals surface area contributed by atoms with Gasteiger partial charge in [0.2, 0.25) is 0 Å². The molecule has 0 atom stereocenters. The van der Waals surface area contributed by atoms with Crippen molar-refractivity contribution in [2.75, 3.05) is 10.6 Å². The first kappa shape index (κ1) is 20.0. The second kappa shape index (κ2) is 8.58. The third-order valence-electron chi connectivity index (χ3n) is 4.76. The molecule has 2 N–H and O–H groups in total. The van der Waals surface area contributed by atoms with E-state index in [0.717, 1.165) is 11.3 Å². The molecule has 0 aliphatic heterocycles. The van der Waals surface area contributed by atoms with Gasteiger partial charge in [0.05, 0.1) is 10.5 Å². The number of hydrogen-bond acceptors (Lipinski definition) is 6. The summed E-state index contributed by atoms with van der Waals surface area (Å²) in [5.74, 6) is -0.223. The monoisotopic (exact) mass is 413 g/mol. The van der Waals surface area contributed by atoms with E-state index in [-0.39, 0.29) is 11.6 Å². The number of hydrogen-bond donors (Lipinski definition) is 2. The normalized spacial score (nSPS) is 10.6. The van der Waals surface area contributed by atoms with Crippen LogP contribution in [0.4, 0.5) is 17.1 Å². The van der Waals surface area contributed by atoms with Gasteiger partial charge in [0.25, 0.3) is 11.6 Å². The molecule has 0 saturated carbocycles. The number of rotatable bonds is 6. The minimum Gasteiger partial charge on any atom is -0.380 e. The van der Waals surface area contributed by atoms with Crippen LogP contribution in [0, 0.1) is 17.0 Å². The van der Waals surface area contributed by atoms with E-state index >= 15 is 0 Å². The average molecular weight is 413 g/mol. The fraction of sp³-hybridized carbons (Fsp3) is 0.0870. The number of carbonyl (C=O) groups is 1. The van der Waals surface area contributed by atoms with Crippen molar-refractivity contribution in [3.05, 3.63) is 100.0 Å². The first-order valence-electron chi connectivity index (χ1n) is 9.60. The number of benzene rings is 2. The zero-order valence-corrected chi connectivity index (χ0v) is 16.7. The van der Waals surface area contributed by atoms with E-state index in [0.29, 0.717) is 34.4 Å². The minimum atomic E-state index is -0.420. The molecule has 2 aromatic carbocycles. The number of nitro groups is 1. The maximum absolute atomic E-state index is 12.2. The summed E-state index contributed by atoms with van der Waals surface area (Å²) in [7, 11) is 0. The van der Waals surface area contributed by atoms with Crippen LogP contribution >= 0.6 is 0 Å². The quantitative estimate of drug-likeness (QED) is 0.350. The highest BCUT2D eigenvalue weighted by atomic mass is 16.6. The van der Waals surface area contributed by atoms with Gasteiger partial charge in [-0.3, -0.25) is 19.9 Å². The Morgan fingerprint density at radius 1 is 1.10 bits per heavy atom. The number of fused-ring (bicyclic) bond motifs is 1. The number of nitrogens with one attached hydrogen (secondary N) is 2. The van der Waals surface area contributed by atoms with Crippen molar-refractivity contribution in [3.63, 3.8) is 0 Å². The maximum Gasteiger partial charge on any atom is 0.295 e. The van der Waals surface area contributed by atoms with E-state index in [1.807, 2.05) is 36.4 Å². The van der Waals surface area contributed by atoms with E-state index < -0.39 is 4.92 Å². The van der Waals surface area contributed by atoms with Crippen LogP contribution in [0.1, 0.15) is 21.6 Å². The number of aromatic nitrogens is 2. The molecule has 154 valence electrons. The molecule has 0 bridgehead atoms. The molecular formula is C23H19N5O3. The predicted molar refractivity (Wildman–Crippen MR) is 119 cm³/mol. The lowest BCUT2D eigenvalue weighted by atomic mass is 10.1. The van der Waals surface area contributed by atoms with Gasteiger partial charge >= 0.3 is 0 Å². The Bertz CT molecular complexity index is 1260. The molecular weight excluding hydrogens is 394 g/mol. The number of anilines is 2. The molecule has 0 unspecified atom stereocenters. The molecule has 31 heavy (non-hydrogen) atoms. The number of nitrogens with zero attached hydrogens (tertiary/aromatic N) is 3. The van der Waals surface area contributed by atoms with E-state index in [4.69, 9.17) is 0 Å². The second-order valence-electron chi connectivity index (χ2n) is 6.99. The number of nitro benzene ring substituents is 1. The molecule has 0 fully saturated rings. The summed E-state index contributed by atoms with van der Waals surface area (Å²) in [5, 5.41) is 18.2. The average Bonchev–Trinajstić information content (AvgIpc) is 2.78. The van der Waals surface area contributed by atoms with Gasteiger partial charge in [-0.05, 0) is 42.8 Å². The van der Waals surface area contributed by atoms with Gasteiger partial charge in [0, 0.05) is 47.5 Å². The second-order valence-corrected chi connectivity index (χ2v) is 6.99. The third kappa shape index (κ3) is 4.48. The summed E-state index contributed by atoms with van der Waals surface area (Å²) in [6.45, 7) is 2.32. The van der Waals surface area contributed by atoms with Gasteiger partial charge in [0.1, 0.15) is 0 Å². The van der Waals surface area contributed by atoms with Crippen molar-refractivity contribution in [1.82, 2.24) is 9.97 Å². The van der Waals surface area contributed by atoms with Crippen molar-refractivity contribution in [2.24, 2.45) is 0 Å². The lowest BCUT2D eigenvalue weighted by Gasteiger charge is -2.12. The predicted octanol–water partition coefficient (Wildman–Crippen LogP) is 4.71. The van der Waals surface area contributed by atoms with Crippen molar-refractivity contribution >= 4 is 33.9 Å². The molecule has 4 rings (SSSR count). The Morgan fingerprint density at radius 2 is 1.90 bits per heavy atom. The van der Waals surface area contributed by atoms with Crippen LogP contribution in [0.3, 0.4) is 0 Å². The zero-order chi connectivity index (χ0) is 21.8. The van der Waals surface area contributed by atoms with Crippen LogP contribution in [-0.4, -0.2) is 20.8 Å². The van der Waals surface area contributed by atoms with Gasteiger partial charge in [-0.1, -0.05) is 24.3 Å². The van der Waals surface area contributed by atoms with Gasteiger partial charge in [-0.15, -0.1) is 0 Å². The molecule has 8 heteroatoms. The summed E-state index contributed by atoms with van der Waals surface area (Å²) >= 11 is 0. The topological polar surface area (TPSA) is 110 Å². The molecule has 0 radical (unpaired) electrons. The van der Waals surface area contributed by atoms with Crippen molar-refractivity contribution < 1.29 is 9.72 Å². The molecule has 0 spiro atoms. The van der Waals surface area contributed by atoms with Gasteiger partial charge in [-0.2, -0.15) is 0 Å². The van der Waals surface area contributed by atoms with Crippen LogP contribution in [0.15, 0.2) is 73.1 Å². The summed E-state index contributed by atoms with van der Waals surface area (Å²) < 4.78 is 0. The Morgan fingerprint density at radius 3 is 2.61 bits per heavy atom. The number of non-ortho nitro benzene ring substituents is 1. The van der Waals surface area contributed by atoms with Crippen LogP contribution in [0.5, 0.6) is 0 Å². The van der Waals surface area contributed by atoms with Crippen LogP contribution < -0.4 is 10.6 Å². The third-order valence-corrected chi connectivity index (χ3v) is 4.76. The summed E-state index contributed by atoms with van der Waals surface area (Å²) in [4.78, 5) is 31.4. The Hall–Kier alpha value is -4.33. The van der Waals surface area contributed by atoms with Crippen LogP contribution in [0.2, 0.25) is 0 Å². The highest BCUT2D eigenvalue weighted by Crippen LogP contribution is 2.30. The van der Waals surface area contributed by atoms with Crippen molar-refractivity contribution in [3.8, 4) is 0 Å². The Labute approximate surface area is 178 Å². The number of para-hydroxylation sites is 1. The van der Waals surface area contributed by atoms with Gasteiger partial charge in [-0.25, -0.2) is 4.98 Å². The highest BCUT2D eigenvalue weighted by Gasteiger charge is 2.15. The number of carbonyl (C=O) groups excluding carboxylic acids is 1. The lowest BCUT2D eigenvalue weighted by Crippen LogP contribution is -2.12. The summed E-state index contributed by atoms with van der Waals surface area (Å²) in [6.07, 6.45) is 3.13. The van der Waals surface area contributed by atoms with Crippen LogP contribution in [0.25, 0.3) is 10.9 Å². The number of amides is 1. The lowest BCUT2D eigenvalue weighted by molar-refractivity contribution is -0.383. The van der Waals surface area contributed by atoms with Crippen molar-refractivity contribution in [2.45, 2.75) is 13.5 Å². The zero-order valence-electron chi connectivity index (χ0n) is 16.7. The molecule has 2 aromatic heterocycles. The number of pyridine rings is 2. The maximum atomic E-state index is 12.2. The summed E-state index contributed by atoms with van der Waals surface area (Å²) in [5.41, 5.74) is 3.98. The minimum absolute atomic E-state index is 0.0158. The fourth-order valence-electron chi connectivity index (χ4n) is 3.26. The van der Waals surface area contributed by atoms with E-state index in [9.17, 15) is 14.9 Å². The summed E-state index contributed by atoms with van der Waals surface area (Å²) in [6, 6.07) is 17.7. The molecule has 2 heterocycles. The molecule has 1 amide bonds. The fourth-order valence-corrected chi connectivity index (χ4v) is 3.26. The SMILES string of the molecule is Cc1cc(NCc2ccc(NC(=O)c3cccnc3)cc2)c2cccc([N+](=O)[O-])c2n1. The van der Waals surface area contributed by atoms with E-state index in [1.165, 1.54) is 12.3 Å². The van der Waals surface area contributed by atoms with Crippen molar-refractivity contribution in [1.29, 1.82) is 0 Å². The molecule has 8 nitrogen and oxygen atoms in total. The number of aryl methyl sites for hydroxylation is 1. The van der Waals surface area contributed by atoms with Gasteiger partial charge in [0.15, 0.2) is 5.52 Å². The van der Waals surface area contributed by atoms with E-state index in [2.05, 4.69) is 20.6 Å². The van der Waals surface area contributed by atoms with Gasteiger partial charge < -0.3 is 10.6 Å².